The molecule has 1 unspecified atom stereocenters. The summed E-state index contributed by atoms with van der Waals surface area (Å²) in [4.78, 5) is 20.7. The number of carbonyl (C=O) groups excluding carboxylic acids is 1. The average molecular weight is 410 g/mol. The Labute approximate surface area is 173 Å². The van der Waals surface area contributed by atoms with E-state index in [9.17, 15) is 4.79 Å². The van der Waals surface area contributed by atoms with Gasteiger partial charge in [0, 0.05) is 44.3 Å². The maximum Gasteiger partial charge on any atom is 0.234 e. The summed E-state index contributed by atoms with van der Waals surface area (Å²) in [5.74, 6) is 1.69. The first-order valence-corrected chi connectivity index (χ1v) is 10.1. The van der Waals surface area contributed by atoms with Gasteiger partial charge in [-0.2, -0.15) is 0 Å². The van der Waals surface area contributed by atoms with Gasteiger partial charge in [-0.05, 0) is 39.0 Å². The fourth-order valence-corrected chi connectivity index (χ4v) is 3.25. The van der Waals surface area contributed by atoms with Crippen LogP contribution in [0.15, 0.2) is 29.3 Å². The lowest BCUT2D eigenvalue weighted by Crippen LogP contribution is -2.55. The molecular weight excluding hydrogens is 378 g/mol. The van der Waals surface area contributed by atoms with Crippen LogP contribution in [0.1, 0.15) is 20.8 Å². The van der Waals surface area contributed by atoms with Crippen molar-refractivity contribution in [3.63, 3.8) is 0 Å². The van der Waals surface area contributed by atoms with Gasteiger partial charge >= 0.3 is 0 Å². The Bertz CT molecular complexity index is 660. The predicted octanol–water partition coefficient (Wildman–Crippen LogP) is 1.82. The molecule has 1 saturated heterocycles. The second kappa shape index (κ2) is 11.1. The number of rotatable bonds is 7. The van der Waals surface area contributed by atoms with Crippen LogP contribution in [0.2, 0.25) is 5.02 Å². The third-order valence-electron chi connectivity index (χ3n) is 4.38. The summed E-state index contributed by atoms with van der Waals surface area (Å²) in [5, 5.41) is 6.98. The first-order valence-electron chi connectivity index (χ1n) is 9.77. The Hall–Kier alpha value is -1.99. The Morgan fingerprint density at radius 3 is 2.57 bits per heavy atom. The van der Waals surface area contributed by atoms with E-state index in [2.05, 4.69) is 25.4 Å². The zero-order chi connectivity index (χ0) is 20.5. The molecule has 1 heterocycles. The quantitative estimate of drug-likeness (QED) is 0.531. The highest BCUT2D eigenvalue weighted by molar-refractivity contribution is 6.30. The Balaban J connectivity index is 1.74. The van der Waals surface area contributed by atoms with Gasteiger partial charge in [-0.1, -0.05) is 17.7 Å². The summed E-state index contributed by atoms with van der Waals surface area (Å²) in [6.07, 6.45) is -0.0313. The molecule has 0 aliphatic carbocycles. The van der Waals surface area contributed by atoms with Gasteiger partial charge in [0.25, 0.3) is 0 Å². The van der Waals surface area contributed by atoms with Gasteiger partial charge in [0.05, 0.1) is 13.1 Å². The zero-order valence-electron chi connectivity index (χ0n) is 17.2. The standard InChI is InChI=1S/C20H32ClN5O2/c1-15(2)24-19(27)14-25-8-10-26(11-9-25)20(22-4)23-13-16(3)28-18-7-5-6-17(21)12-18/h5-7,12,15-16H,8-11,13-14H2,1-4H3,(H,22,23)(H,24,27). The fourth-order valence-electron chi connectivity index (χ4n) is 3.07. The minimum Gasteiger partial charge on any atom is -0.489 e. The van der Waals surface area contributed by atoms with Gasteiger partial charge in [0.1, 0.15) is 11.9 Å². The van der Waals surface area contributed by atoms with Crippen LogP contribution in [0, 0.1) is 0 Å². The van der Waals surface area contributed by atoms with Crippen molar-refractivity contribution in [1.82, 2.24) is 20.4 Å². The molecule has 7 nitrogen and oxygen atoms in total. The zero-order valence-corrected chi connectivity index (χ0v) is 18.0. The van der Waals surface area contributed by atoms with Crippen molar-refractivity contribution in [3.05, 3.63) is 29.3 Å². The monoisotopic (exact) mass is 409 g/mol. The smallest absolute Gasteiger partial charge is 0.234 e. The molecule has 0 spiro atoms. The predicted molar refractivity (Wildman–Crippen MR) is 114 cm³/mol. The summed E-state index contributed by atoms with van der Waals surface area (Å²) in [6, 6.07) is 7.57. The van der Waals surface area contributed by atoms with E-state index in [-0.39, 0.29) is 18.1 Å². The van der Waals surface area contributed by atoms with Gasteiger partial charge < -0.3 is 20.3 Å². The Morgan fingerprint density at radius 1 is 1.25 bits per heavy atom. The molecular formula is C20H32ClN5O2. The highest BCUT2D eigenvalue weighted by Crippen LogP contribution is 2.18. The van der Waals surface area contributed by atoms with Crippen LogP contribution in [0.3, 0.4) is 0 Å². The number of guanidine groups is 1. The van der Waals surface area contributed by atoms with Crippen LogP contribution in [0.25, 0.3) is 0 Å². The van der Waals surface area contributed by atoms with E-state index >= 15 is 0 Å². The molecule has 2 rings (SSSR count). The van der Waals surface area contributed by atoms with Crippen LogP contribution in [0.4, 0.5) is 0 Å². The second-order valence-electron chi connectivity index (χ2n) is 7.30. The number of ether oxygens (including phenoxy) is 1. The van der Waals surface area contributed by atoms with E-state index in [4.69, 9.17) is 16.3 Å². The lowest BCUT2D eigenvalue weighted by molar-refractivity contribution is -0.123. The number of nitrogens with one attached hydrogen (secondary N) is 2. The van der Waals surface area contributed by atoms with Crippen molar-refractivity contribution in [3.8, 4) is 5.75 Å². The molecule has 8 heteroatoms. The van der Waals surface area contributed by atoms with E-state index in [0.29, 0.717) is 18.1 Å². The number of piperazine rings is 1. The number of hydrogen-bond acceptors (Lipinski definition) is 4. The fraction of sp³-hybridized carbons (Fsp3) is 0.600. The molecule has 1 atom stereocenters. The van der Waals surface area contributed by atoms with Crippen LogP contribution in [0.5, 0.6) is 5.75 Å². The molecule has 0 bridgehead atoms. The molecule has 1 aliphatic heterocycles. The molecule has 156 valence electrons. The summed E-state index contributed by atoms with van der Waals surface area (Å²) in [6.45, 7) is 10.4. The van der Waals surface area contributed by atoms with Gasteiger partial charge in [-0.3, -0.25) is 14.7 Å². The first kappa shape index (κ1) is 22.3. The molecule has 0 aromatic heterocycles. The molecule has 1 amide bonds. The maximum atomic E-state index is 11.9. The topological polar surface area (TPSA) is 69.2 Å². The van der Waals surface area contributed by atoms with E-state index in [1.807, 2.05) is 45.0 Å². The molecule has 1 aliphatic rings. The van der Waals surface area contributed by atoms with Gasteiger partial charge in [0.15, 0.2) is 5.96 Å². The minimum absolute atomic E-state index is 0.0313. The maximum absolute atomic E-state index is 11.9. The third-order valence-corrected chi connectivity index (χ3v) is 4.62. The Morgan fingerprint density at radius 2 is 1.96 bits per heavy atom. The van der Waals surface area contributed by atoms with Crippen molar-refractivity contribution in [2.75, 3.05) is 46.3 Å². The number of benzene rings is 1. The van der Waals surface area contributed by atoms with E-state index < -0.39 is 0 Å². The van der Waals surface area contributed by atoms with Gasteiger partial charge in [-0.15, -0.1) is 0 Å². The average Bonchev–Trinajstić information content (AvgIpc) is 2.62. The summed E-state index contributed by atoms with van der Waals surface area (Å²) >= 11 is 6.00. The van der Waals surface area contributed by atoms with Gasteiger partial charge in [-0.25, -0.2) is 0 Å². The van der Waals surface area contributed by atoms with Crippen molar-refractivity contribution < 1.29 is 9.53 Å². The van der Waals surface area contributed by atoms with E-state index in [1.54, 1.807) is 7.05 Å². The van der Waals surface area contributed by atoms with E-state index in [0.717, 1.165) is 37.9 Å². The van der Waals surface area contributed by atoms with Crippen molar-refractivity contribution in [2.24, 2.45) is 4.99 Å². The van der Waals surface area contributed by atoms with Crippen LogP contribution in [-0.4, -0.2) is 80.1 Å². The highest BCUT2D eigenvalue weighted by Gasteiger charge is 2.21. The molecule has 1 aromatic rings. The largest absolute Gasteiger partial charge is 0.489 e. The van der Waals surface area contributed by atoms with Crippen LogP contribution < -0.4 is 15.4 Å². The second-order valence-corrected chi connectivity index (χ2v) is 7.74. The number of hydrogen-bond donors (Lipinski definition) is 2. The van der Waals surface area contributed by atoms with Crippen LogP contribution in [-0.2, 0) is 4.79 Å². The van der Waals surface area contributed by atoms with E-state index in [1.165, 1.54) is 0 Å². The number of carbonyl (C=O) groups is 1. The molecule has 1 aromatic carbocycles. The SMILES string of the molecule is CN=C(NCC(C)Oc1cccc(Cl)c1)N1CCN(CC(=O)NC(C)C)CC1. The van der Waals surface area contributed by atoms with Crippen molar-refractivity contribution in [1.29, 1.82) is 0 Å². The molecule has 1 fully saturated rings. The van der Waals surface area contributed by atoms with Crippen molar-refractivity contribution in [2.45, 2.75) is 32.9 Å². The third kappa shape index (κ3) is 7.56. The molecule has 28 heavy (non-hydrogen) atoms. The number of halogens is 1. The first-order chi connectivity index (χ1) is 13.4. The summed E-state index contributed by atoms with van der Waals surface area (Å²) in [5.41, 5.74) is 0. The van der Waals surface area contributed by atoms with Gasteiger partial charge in [0.2, 0.25) is 5.91 Å². The van der Waals surface area contributed by atoms with Crippen LogP contribution >= 0.6 is 11.6 Å². The molecule has 0 radical (unpaired) electrons. The number of aliphatic imine (C=N–C) groups is 1. The molecule has 2 N–H and O–H groups in total. The lowest BCUT2D eigenvalue weighted by atomic mass is 10.3. The minimum atomic E-state index is -0.0313. The highest BCUT2D eigenvalue weighted by atomic mass is 35.5. The molecule has 0 saturated carbocycles. The summed E-state index contributed by atoms with van der Waals surface area (Å²) < 4.78 is 5.90. The Kier molecular flexibility index (Phi) is 8.86. The van der Waals surface area contributed by atoms with Crippen molar-refractivity contribution >= 4 is 23.5 Å². The lowest BCUT2D eigenvalue weighted by Gasteiger charge is -2.36. The summed E-state index contributed by atoms with van der Waals surface area (Å²) in [7, 11) is 1.79. The number of nitrogens with zero attached hydrogens (tertiary/aromatic N) is 3. The number of amides is 1. The normalized spacial score (nSPS) is 16.8.